The predicted molar refractivity (Wildman–Crippen MR) is 176 cm³/mol. The molecular formula is C35H58N4O6. The van der Waals surface area contributed by atoms with Crippen molar-refractivity contribution < 1.29 is 28.7 Å². The van der Waals surface area contributed by atoms with E-state index >= 15 is 0 Å². The minimum absolute atomic E-state index is 0.0244. The van der Waals surface area contributed by atoms with Crippen LogP contribution >= 0.6 is 0 Å². The predicted octanol–water partition coefficient (Wildman–Crippen LogP) is 6.26. The van der Waals surface area contributed by atoms with Crippen LogP contribution in [-0.2, 0) is 19.1 Å². The molecule has 1 aliphatic rings. The maximum atomic E-state index is 13.7. The first-order valence-electron chi connectivity index (χ1n) is 16.5. The molecule has 5 atom stereocenters. The number of carbonyl (C=O) groups is 4. The third-order valence-corrected chi connectivity index (χ3v) is 7.95. The summed E-state index contributed by atoms with van der Waals surface area (Å²) in [6, 6.07) is 8.12. The fourth-order valence-electron chi connectivity index (χ4n) is 5.74. The first-order valence-corrected chi connectivity index (χ1v) is 16.5. The Morgan fingerprint density at radius 1 is 0.844 bits per heavy atom. The van der Waals surface area contributed by atoms with E-state index in [0.717, 1.165) is 24.8 Å². The number of amides is 4. The van der Waals surface area contributed by atoms with E-state index in [-0.39, 0.29) is 24.3 Å². The average molecular weight is 631 g/mol. The van der Waals surface area contributed by atoms with Crippen LogP contribution in [-0.4, -0.2) is 54.3 Å². The lowest BCUT2D eigenvalue weighted by Crippen LogP contribution is -2.50. The van der Waals surface area contributed by atoms with Crippen LogP contribution in [0.15, 0.2) is 30.3 Å². The van der Waals surface area contributed by atoms with Gasteiger partial charge in [-0.05, 0) is 97.0 Å². The molecule has 0 aliphatic heterocycles. The van der Waals surface area contributed by atoms with Gasteiger partial charge in [-0.1, -0.05) is 57.5 Å². The van der Waals surface area contributed by atoms with Gasteiger partial charge in [-0.15, -0.1) is 0 Å². The molecule has 10 heteroatoms. The van der Waals surface area contributed by atoms with Gasteiger partial charge in [-0.2, -0.15) is 0 Å². The van der Waals surface area contributed by atoms with E-state index < -0.39 is 35.5 Å². The standard InChI is InChI=1S/C35H58N4O6/c1-23(2)26-19-18-24(3)21-27(26)30(40)37-22-29(25-15-11-10-12-16-25)38-31(41)28(39-33(43)45-35(7,8)9)17-13-14-20-36-32(42)44-34(4,5)6/h10-12,15-16,23-24,26-29H,13-14,17-22H2,1-9H3,(H,36,42)(H,37,40)(H,38,41)(H,39,43)/t24-,26+,27-,28+,29-/m1/s1. The monoisotopic (exact) mass is 630 g/mol. The summed E-state index contributed by atoms with van der Waals surface area (Å²) in [5.74, 6) is 0.831. The van der Waals surface area contributed by atoms with E-state index in [0.29, 0.717) is 43.6 Å². The zero-order chi connectivity index (χ0) is 33.8. The minimum atomic E-state index is -0.882. The normalized spacial score (nSPS) is 20.0. The highest BCUT2D eigenvalue weighted by Gasteiger charge is 2.36. The van der Waals surface area contributed by atoms with Gasteiger partial charge in [0.1, 0.15) is 17.2 Å². The molecule has 10 nitrogen and oxygen atoms in total. The second kappa shape index (κ2) is 17.4. The molecule has 0 unspecified atom stereocenters. The van der Waals surface area contributed by atoms with Crippen molar-refractivity contribution in [2.24, 2.45) is 23.7 Å². The van der Waals surface area contributed by atoms with Crippen LogP contribution in [0.5, 0.6) is 0 Å². The molecule has 1 aliphatic carbocycles. The van der Waals surface area contributed by atoms with Crippen molar-refractivity contribution in [2.75, 3.05) is 13.1 Å². The summed E-state index contributed by atoms with van der Waals surface area (Å²) in [4.78, 5) is 51.9. The van der Waals surface area contributed by atoms with Gasteiger partial charge in [0.15, 0.2) is 0 Å². The summed E-state index contributed by atoms with van der Waals surface area (Å²) in [6.45, 7) is 17.8. The summed E-state index contributed by atoms with van der Waals surface area (Å²) in [5.41, 5.74) is -0.477. The van der Waals surface area contributed by atoms with Gasteiger partial charge in [0.05, 0.1) is 6.04 Å². The SMILES string of the molecule is CC(C)[C@@H]1CC[C@@H](C)C[C@H]1C(=O)NC[C@@H](NC(=O)[C@H](CCCCNC(=O)OC(C)(C)C)NC(=O)OC(C)(C)C)c1ccccc1. The summed E-state index contributed by atoms with van der Waals surface area (Å²) in [6.07, 6.45) is 3.30. The Hall–Kier alpha value is -3.30. The largest absolute Gasteiger partial charge is 0.444 e. The Bertz CT molecular complexity index is 1100. The highest BCUT2D eigenvalue weighted by Crippen LogP contribution is 2.38. The molecule has 1 aromatic rings. The molecule has 0 saturated heterocycles. The van der Waals surface area contributed by atoms with Crippen molar-refractivity contribution in [3.05, 3.63) is 35.9 Å². The van der Waals surface area contributed by atoms with Gasteiger partial charge in [-0.25, -0.2) is 9.59 Å². The van der Waals surface area contributed by atoms with Crippen LogP contribution in [0.25, 0.3) is 0 Å². The number of unbranched alkanes of at least 4 members (excludes halogenated alkanes) is 1. The van der Waals surface area contributed by atoms with Gasteiger partial charge in [0, 0.05) is 19.0 Å². The van der Waals surface area contributed by atoms with Crippen molar-refractivity contribution in [3.63, 3.8) is 0 Å². The van der Waals surface area contributed by atoms with Gasteiger partial charge in [-0.3, -0.25) is 9.59 Å². The third kappa shape index (κ3) is 14.6. The number of nitrogens with one attached hydrogen (secondary N) is 4. The van der Waals surface area contributed by atoms with Crippen LogP contribution in [0, 0.1) is 23.7 Å². The molecule has 0 heterocycles. The number of ether oxygens (including phenoxy) is 2. The van der Waals surface area contributed by atoms with E-state index in [1.807, 2.05) is 30.3 Å². The maximum absolute atomic E-state index is 13.7. The van der Waals surface area contributed by atoms with Crippen LogP contribution in [0.3, 0.4) is 0 Å². The molecule has 4 amide bonds. The van der Waals surface area contributed by atoms with Crippen molar-refractivity contribution >= 4 is 24.0 Å². The Morgan fingerprint density at radius 2 is 1.47 bits per heavy atom. The molecule has 0 radical (unpaired) electrons. The highest BCUT2D eigenvalue weighted by molar-refractivity contribution is 5.86. The molecule has 0 aromatic heterocycles. The fourth-order valence-corrected chi connectivity index (χ4v) is 5.74. The Balaban J connectivity index is 2.12. The van der Waals surface area contributed by atoms with E-state index in [9.17, 15) is 19.2 Å². The quantitative estimate of drug-likeness (QED) is 0.190. The average Bonchev–Trinajstić information content (AvgIpc) is 2.92. The summed E-state index contributed by atoms with van der Waals surface area (Å²) >= 11 is 0. The number of rotatable bonds is 13. The molecule has 1 aromatic carbocycles. The molecule has 1 saturated carbocycles. The number of hydrogen-bond acceptors (Lipinski definition) is 6. The van der Waals surface area contributed by atoms with Crippen LogP contribution in [0.4, 0.5) is 9.59 Å². The lowest BCUT2D eigenvalue weighted by atomic mass is 9.70. The Morgan fingerprint density at radius 3 is 2.07 bits per heavy atom. The number of alkyl carbamates (subject to hydrolysis) is 2. The zero-order valence-electron chi connectivity index (χ0n) is 29.0. The fraction of sp³-hybridized carbons (Fsp3) is 0.714. The summed E-state index contributed by atoms with van der Waals surface area (Å²) in [7, 11) is 0. The smallest absolute Gasteiger partial charge is 0.408 e. The van der Waals surface area contributed by atoms with E-state index in [1.54, 1.807) is 41.5 Å². The van der Waals surface area contributed by atoms with Gasteiger partial charge < -0.3 is 30.7 Å². The number of benzene rings is 1. The van der Waals surface area contributed by atoms with E-state index in [4.69, 9.17) is 9.47 Å². The number of carbonyl (C=O) groups excluding carboxylic acids is 4. The lowest BCUT2D eigenvalue weighted by molar-refractivity contribution is -0.130. The van der Waals surface area contributed by atoms with E-state index in [2.05, 4.69) is 42.0 Å². The molecular weight excluding hydrogens is 572 g/mol. The van der Waals surface area contributed by atoms with Gasteiger partial charge in [0.2, 0.25) is 11.8 Å². The number of hydrogen-bond donors (Lipinski definition) is 4. The minimum Gasteiger partial charge on any atom is -0.444 e. The van der Waals surface area contributed by atoms with Crippen molar-refractivity contribution in [1.29, 1.82) is 0 Å². The van der Waals surface area contributed by atoms with Crippen LogP contribution in [0.1, 0.15) is 112 Å². The van der Waals surface area contributed by atoms with Crippen molar-refractivity contribution in [1.82, 2.24) is 21.3 Å². The van der Waals surface area contributed by atoms with Gasteiger partial charge in [0.25, 0.3) is 0 Å². The highest BCUT2D eigenvalue weighted by atomic mass is 16.6. The maximum Gasteiger partial charge on any atom is 0.408 e. The molecule has 2 rings (SSSR count). The molecule has 4 N–H and O–H groups in total. The van der Waals surface area contributed by atoms with Gasteiger partial charge >= 0.3 is 12.2 Å². The Kier molecular flexibility index (Phi) is 14.7. The summed E-state index contributed by atoms with van der Waals surface area (Å²) in [5, 5.41) is 11.7. The molecule has 1 fully saturated rings. The van der Waals surface area contributed by atoms with E-state index in [1.165, 1.54) is 0 Å². The topological polar surface area (TPSA) is 135 Å². The first-order chi connectivity index (χ1) is 20.9. The van der Waals surface area contributed by atoms with Crippen LogP contribution in [0.2, 0.25) is 0 Å². The lowest BCUT2D eigenvalue weighted by Gasteiger charge is -2.36. The van der Waals surface area contributed by atoms with Crippen LogP contribution < -0.4 is 21.3 Å². The second-order valence-corrected chi connectivity index (χ2v) is 14.8. The summed E-state index contributed by atoms with van der Waals surface area (Å²) < 4.78 is 10.7. The molecule has 0 bridgehead atoms. The van der Waals surface area contributed by atoms with Crippen molar-refractivity contribution in [2.45, 2.75) is 124 Å². The third-order valence-electron chi connectivity index (χ3n) is 7.95. The Labute approximate surface area is 270 Å². The zero-order valence-corrected chi connectivity index (χ0v) is 29.0. The van der Waals surface area contributed by atoms with Crippen molar-refractivity contribution in [3.8, 4) is 0 Å². The molecule has 45 heavy (non-hydrogen) atoms. The molecule has 0 spiro atoms. The second-order valence-electron chi connectivity index (χ2n) is 14.8. The molecule has 254 valence electrons. The first kappa shape index (κ1) is 37.9.